The van der Waals surface area contributed by atoms with Crippen LogP contribution in [0, 0.1) is 6.92 Å². The average molecular weight is 282 g/mol. The molecule has 18 heavy (non-hydrogen) atoms. The Bertz CT molecular complexity index is 520. The van der Waals surface area contributed by atoms with Crippen molar-refractivity contribution < 1.29 is 4.79 Å². The third-order valence-electron chi connectivity index (χ3n) is 2.50. The van der Waals surface area contributed by atoms with E-state index in [9.17, 15) is 4.79 Å². The van der Waals surface area contributed by atoms with Gasteiger partial charge in [-0.2, -0.15) is 0 Å². The molecule has 95 valence electrons. The first kappa shape index (κ1) is 13.1. The van der Waals surface area contributed by atoms with Crippen LogP contribution in [0.25, 0.3) is 5.70 Å². The van der Waals surface area contributed by atoms with E-state index in [2.05, 4.69) is 29.7 Å². The summed E-state index contributed by atoms with van der Waals surface area (Å²) < 4.78 is 0. The molecule has 1 heterocycles. The Hall–Kier alpha value is -1.39. The van der Waals surface area contributed by atoms with Gasteiger partial charge >= 0.3 is 0 Å². The first-order valence-corrected chi connectivity index (χ1v) is 6.90. The van der Waals surface area contributed by atoms with Crippen molar-refractivity contribution in [2.45, 2.75) is 19.2 Å². The van der Waals surface area contributed by atoms with Gasteiger partial charge in [0.2, 0.25) is 5.91 Å². The molecule has 5 heteroatoms. The molecule has 0 fully saturated rings. The van der Waals surface area contributed by atoms with E-state index in [1.165, 1.54) is 16.9 Å². The highest BCUT2D eigenvalue weighted by atomic mass is 35.5. The SMILES string of the molecule is Cc1ccc(C2=C[S]=C(NC(=O)C(C)Cl)N2)cc1. The molecular weight excluding hydrogens is 268 g/mol. The van der Waals surface area contributed by atoms with Crippen molar-refractivity contribution >= 4 is 39.7 Å². The maximum Gasteiger partial charge on any atom is 0.243 e. The monoisotopic (exact) mass is 281 g/mol. The van der Waals surface area contributed by atoms with Crippen molar-refractivity contribution in [1.29, 1.82) is 0 Å². The predicted molar refractivity (Wildman–Crippen MR) is 78.3 cm³/mol. The van der Waals surface area contributed by atoms with Crippen molar-refractivity contribution in [3.8, 4) is 0 Å². The van der Waals surface area contributed by atoms with Crippen molar-refractivity contribution in [3.05, 3.63) is 40.8 Å². The van der Waals surface area contributed by atoms with Crippen LogP contribution in [-0.4, -0.2) is 16.4 Å². The minimum atomic E-state index is -0.539. The summed E-state index contributed by atoms with van der Waals surface area (Å²) in [7, 11) is 0. The van der Waals surface area contributed by atoms with Gasteiger partial charge in [-0.05, 0) is 19.4 Å². The number of carbonyl (C=O) groups excluding carboxylic acids is 1. The van der Waals surface area contributed by atoms with Gasteiger partial charge in [0.25, 0.3) is 0 Å². The summed E-state index contributed by atoms with van der Waals surface area (Å²) in [5, 5.41) is 8.03. The topological polar surface area (TPSA) is 41.1 Å². The number of halogens is 1. The molecule has 3 nitrogen and oxygen atoms in total. The number of aryl methyl sites for hydroxylation is 1. The Morgan fingerprint density at radius 1 is 1.39 bits per heavy atom. The molecule has 0 saturated carbocycles. The fourth-order valence-electron chi connectivity index (χ4n) is 1.44. The molecule has 1 aliphatic rings. The molecule has 1 unspecified atom stereocenters. The van der Waals surface area contributed by atoms with Crippen molar-refractivity contribution in [1.82, 2.24) is 10.6 Å². The van der Waals surface area contributed by atoms with E-state index in [1.807, 2.05) is 17.5 Å². The zero-order valence-electron chi connectivity index (χ0n) is 10.2. The number of carbonyl (C=O) groups is 1. The summed E-state index contributed by atoms with van der Waals surface area (Å²) >= 11 is 7.15. The predicted octanol–water partition coefficient (Wildman–Crippen LogP) is 2.46. The van der Waals surface area contributed by atoms with Gasteiger partial charge in [-0.1, -0.05) is 29.8 Å². The Labute approximate surface area is 115 Å². The first-order valence-electron chi connectivity index (χ1n) is 5.59. The largest absolute Gasteiger partial charge is 0.332 e. The minimum absolute atomic E-state index is 0.203. The van der Waals surface area contributed by atoms with Crippen LogP contribution in [0.2, 0.25) is 0 Å². The highest BCUT2D eigenvalue weighted by molar-refractivity contribution is 8.02. The Morgan fingerprint density at radius 3 is 2.67 bits per heavy atom. The lowest BCUT2D eigenvalue weighted by Gasteiger charge is -2.10. The van der Waals surface area contributed by atoms with Crippen molar-refractivity contribution in [2.24, 2.45) is 0 Å². The van der Waals surface area contributed by atoms with Gasteiger partial charge in [0.05, 0.1) is 5.70 Å². The van der Waals surface area contributed by atoms with E-state index in [4.69, 9.17) is 11.6 Å². The summed E-state index contributed by atoms with van der Waals surface area (Å²) in [6, 6.07) is 8.20. The standard InChI is InChI=1S/C13H14ClN2OS/c1-8-3-5-10(6-4-8)11-7-18-13(15-11)16-12(17)9(2)14/h3-7,9,15H,1-2H3,(H,16,17). The summed E-state index contributed by atoms with van der Waals surface area (Å²) in [4.78, 5) is 11.4. The molecule has 0 saturated heterocycles. The van der Waals surface area contributed by atoms with Crippen molar-refractivity contribution in [2.75, 3.05) is 0 Å². The van der Waals surface area contributed by atoms with E-state index in [0.717, 1.165) is 11.3 Å². The molecule has 1 radical (unpaired) electrons. The molecule has 1 amide bonds. The summed E-state index contributed by atoms with van der Waals surface area (Å²) in [6.45, 7) is 3.69. The highest BCUT2D eigenvalue weighted by Gasteiger charge is 2.15. The number of rotatable bonds is 2. The van der Waals surface area contributed by atoms with Crippen LogP contribution in [0.1, 0.15) is 18.1 Å². The number of amides is 1. The molecule has 1 aromatic rings. The summed E-state index contributed by atoms with van der Waals surface area (Å²) in [5.41, 5.74) is 3.30. The third-order valence-corrected chi connectivity index (χ3v) is 3.49. The maximum absolute atomic E-state index is 11.4. The summed E-state index contributed by atoms with van der Waals surface area (Å²) in [5.74, 6) is -0.203. The maximum atomic E-state index is 11.4. The molecule has 0 spiro atoms. The Balaban J connectivity index is 1.98. The molecular formula is C13H14ClN2OS. The molecule has 1 atom stereocenters. The quantitative estimate of drug-likeness (QED) is 0.646. The first-order chi connectivity index (χ1) is 8.56. The van der Waals surface area contributed by atoms with Crippen LogP contribution in [0.15, 0.2) is 29.7 Å². The number of hydrogen-bond acceptors (Lipinski definition) is 2. The van der Waals surface area contributed by atoms with Gasteiger partial charge < -0.3 is 10.6 Å². The Kier molecular flexibility index (Phi) is 3.99. The van der Waals surface area contributed by atoms with Crippen LogP contribution in [-0.2, 0) is 4.79 Å². The van der Waals surface area contributed by atoms with E-state index in [1.54, 1.807) is 6.92 Å². The van der Waals surface area contributed by atoms with E-state index >= 15 is 0 Å². The molecule has 0 aromatic heterocycles. The minimum Gasteiger partial charge on any atom is -0.332 e. The van der Waals surface area contributed by atoms with E-state index in [0.29, 0.717) is 5.11 Å². The van der Waals surface area contributed by atoms with Gasteiger partial charge in [0, 0.05) is 5.41 Å². The second kappa shape index (κ2) is 5.50. The molecule has 0 aliphatic carbocycles. The lowest BCUT2D eigenvalue weighted by Crippen LogP contribution is -2.40. The third kappa shape index (κ3) is 3.09. The number of benzene rings is 1. The van der Waals surface area contributed by atoms with Crippen molar-refractivity contribution in [3.63, 3.8) is 0 Å². The Morgan fingerprint density at radius 2 is 2.06 bits per heavy atom. The molecule has 2 rings (SSSR count). The van der Waals surface area contributed by atoms with Gasteiger partial charge in [-0.3, -0.25) is 4.79 Å². The van der Waals surface area contributed by atoms with Crippen LogP contribution in [0.3, 0.4) is 0 Å². The second-order valence-electron chi connectivity index (χ2n) is 4.07. The second-order valence-corrected chi connectivity index (χ2v) is 5.61. The molecule has 2 N–H and O–H groups in total. The van der Waals surface area contributed by atoms with E-state index < -0.39 is 5.38 Å². The van der Waals surface area contributed by atoms with Gasteiger partial charge in [0.1, 0.15) is 5.38 Å². The fourth-order valence-corrected chi connectivity index (χ4v) is 2.26. The molecule has 1 aromatic carbocycles. The lowest BCUT2D eigenvalue weighted by molar-refractivity contribution is -0.119. The number of nitrogens with one attached hydrogen (secondary N) is 2. The van der Waals surface area contributed by atoms with Crippen LogP contribution in [0.4, 0.5) is 0 Å². The smallest absolute Gasteiger partial charge is 0.243 e. The average Bonchev–Trinajstić information content (AvgIpc) is 2.78. The van der Waals surface area contributed by atoms with Crippen LogP contribution < -0.4 is 10.6 Å². The zero-order chi connectivity index (χ0) is 13.1. The highest BCUT2D eigenvalue weighted by Crippen LogP contribution is 2.18. The zero-order valence-corrected chi connectivity index (χ0v) is 11.7. The number of hydrogen-bond donors (Lipinski definition) is 2. The normalized spacial score (nSPS) is 15.5. The van der Waals surface area contributed by atoms with Crippen LogP contribution in [0.5, 0.6) is 0 Å². The lowest BCUT2D eigenvalue weighted by atomic mass is 10.1. The van der Waals surface area contributed by atoms with Gasteiger partial charge in [0.15, 0.2) is 5.11 Å². The number of alkyl halides is 1. The molecule has 1 aliphatic heterocycles. The summed E-state index contributed by atoms with van der Waals surface area (Å²) in [6.07, 6.45) is 0. The van der Waals surface area contributed by atoms with Gasteiger partial charge in [-0.25, -0.2) is 0 Å². The van der Waals surface area contributed by atoms with Gasteiger partial charge in [-0.15, -0.1) is 23.0 Å². The fraction of sp³-hybridized carbons (Fsp3) is 0.231. The van der Waals surface area contributed by atoms with Crippen LogP contribution >= 0.6 is 23.0 Å². The van der Waals surface area contributed by atoms with E-state index in [-0.39, 0.29) is 5.91 Å². The molecule has 0 bridgehead atoms.